The van der Waals surface area contributed by atoms with Gasteiger partial charge in [0, 0.05) is 0 Å². The van der Waals surface area contributed by atoms with Gasteiger partial charge in [0.05, 0.1) is 24.3 Å². The maximum absolute atomic E-state index is 12.2. The lowest BCUT2D eigenvalue weighted by Crippen LogP contribution is -2.10. The number of carbonyl (C=O) groups is 2. The number of ether oxygens (including phenoxy) is 2. The maximum Gasteiger partial charge on any atom is 0.338 e. The summed E-state index contributed by atoms with van der Waals surface area (Å²) >= 11 is 0. The minimum Gasteiger partial charge on any atom is -0.462 e. The van der Waals surface area contributed by atoms with Crippen LogP contribution < -0.4 is 0 Å². The molecule has 0 aliphatic carbocycles. The van der Waals surface area contributed by atoms with Crippen molar-refractivity contribution >= 4 is 11.9 Å². The Balaban J connectivity index is 2.16. The summed E-state index contributed by atoms with van der Waals surface area (Å²) in [6, 6.07) is 6.55. The van der Waals surface area contributed by atoms with E-state index in [9.17, 15) is 9.59 Å². The van der Waals surface area contributed by atoms with Crippen molar-refractivity contribution in [3.63, 3.8) is 0 Å². The van der Waals surface area contributed by atoms with Crippen LogP contribution in [0.15, 0.2) is 36.4 Å². The Bertz CT molecular complexity index is 636. The highest BCUT2D eigenvalue weighted by Gasteiger charge is 2.12. The molecule has 0 amide bonds. The molecule has 1 rings (SSSR count). The third-order valence-corrected chi connectivity index (χ3v) is 5.22. The summed E-state index contributed by atoms with van der Waals surface area (Å²) in [6.07, 6.45) is 19.7. The van der Waals surface area contributed by atoms with Crippen molar-refractivity contribution in [2.45, 2.75) is 97.3 Å². The van der Waals surface area contributed by atoms with E-state index in [2.05, 4.69) is 26.0 Å². The van der Waals surface area contributed by atoms with Crippen LogP contribution in [0.2, 0.25) is 0 Å². The number of rotatable bonds is 18. The molecule has 0 aromatic heterocycles. The van der Waals surface area contributed by atoms with Gasteiger partial charge in [-0.15, -0.1) is 0 Å². The van der Waals surface area contributed by atoms with Gasteiger partial charge in [-0.3, -0.25) is 0 Å². The van der Waals surface area contributed by atoms with Gasteiger partial charge >= 0.3 is 11.9 Å². The number of allylic oxidation sites excluding steroid dienone is 1. The zero-order chi connectivity index (χ0) is 22.6. The molecule has 4 heteroatoms. The molecule has 1 aromatic carbocycles. The fraction of sp³-hybridized carbons (Fsp3) is 0.630. The van der Waals surface area contributed by atoms with Crippen molar-refractivity contribution in [3.8, 4) is 0 Å². The molecule has 0 spiro atoms. The van der Waals surface area contributed by atoms with Crippen LogP contribution in [0.3, 0.4) is 0 Å². The molecule has 0 unspecified atom stereocenters. The van der Waals surface area contributed by atoms with E-state index in [1.54, 1.807) is 24.3 Å². The quantitative estimate of drug-likeness (QED) is 0.136. The number of hydrogen-bond donors (Lipinski definition) is 0. The first kappa shape index (κ1) is 26.9. The van der Waals surface area contributed by atoms with Gasteiger partial charge in [0.2, 0.25) is 0 Å². The number of unbranched alkanes of at least 4 members (excludes halogenated alkanes) is 10. The lowest BCUT2D eigenvalue weighted by atomic mass is 10.1. The van der Waals surface area contributed by atoms with Crippen LogP contribution in [-0.4, -0.2) is 25.2 Å². The Hall–Kier alpha value is -2.10. The molecule has 0 aliphatic rings. The number of benzene rings is 1. The minimum absolute atomic E-state index is 0.346. The monoisotopic (exact) mass is 430 g/mol. The third-order valence-electron chi connectivity index (χ3n) is 5.22. The summed E-state index contributed by atoms with van der Waals surface area (Å²) in [6.45, 7) is 5.11. The molecule has 0 fully saturated rings. The van der Waals surface area contributed by atoms with E-state index in [1.807, 2.05) is 0 Å². The SMILES string of the molecule is CCCCCCCCCC/C=C\CCOC(=O)c1cccc(C(=O)OCCCCC)c1. The predicted molar refractivity (Wildman–Crippen MR) is 128 cm³/mol. The van der Waals surface area contributed by atoms with Crippen LogP contribution in [0.1, 0.15) is 118 Å². The average Bonchev–Trinajstić information content (AvgIpc) is 2.79. The van der Waals surface area contributed by atoms with Crippen LogP contribution in [0.5, 0.6) is 0 Å². The van der Waals surface area contributed by atoms with Gasteiger partial charge in [-0.05, 0) is 43.9 Å². The summed E-state index contributed by atoms with van der Waals surface area (Å²) in [5.74, 6) is -0.799. The molecule has 0 radical (unpaired) electrons. The lowest BCUT2D eigenvalue weighted by molar-refractivity contribution is 0.0498. The Morgan fingerprint density at radius 2 is 1.19 bits per heavy atom. The van der Waals surface area contributed by atoms with Crippen molar-refractivity contribution in [2.75, 3.05) is 13.2 Å². The third kappa shape index (κ3) is 13.7. The van der Waals surface area contributed by atoms with E-state index in [1.165, 1.54) is 51.4 Å². The smallest absolute Gasteiger partial charge is 0.338 e. The van der Waals surface area contributed by atoms with E-state index in [-0.39, 0.29) is 0 Å². The van der Waals surface area contributed by atoms with E-state index >= 15 is 0 Å². The molecule has 4 nitrogen and oxygen atoms in total. The molecule has 0 N–H and O–H groups in total. The summed E-state index contributed by atoms with van der Waals surface area (Å²) in [5, 5.41) is 0. The van der Waals surface area contributed by atoms with Gasteiger partial charge in [-0.1, -0.05) is 89.9 Å². The van der Waals surface area contributed by atoms with Crippen LogP contribution in [0, 0.1) is 0 Å². The van der Waals surface area contributed by atoms with Gasteiger partial charge in [-0.2, -0.15) is 0 Å². The van der Waals surface area contributed by atoms with E-state index < -0.39 is 11.9 Å². The maximum atomic E-state index is 12.2. The molecule has 0 bridgehead atoms. The molecule has 174 valence electrons. The zero-order valence-electron chi connectivity index (χ0n) is 19.7. The summed E-state index contributed by atoms with van der Waals surface area (Å²) in [4.78, 5) is 24.3. The second-order valence-electron chi connectivity index (χ2n) is 8.08. The molecule has 31 heavy (non-hydrogen) atoms. The van der Waals surface area contributed by atoms with E-state index in [4.69, 9.17) is 9.47 Å². The van der Waals surface area contributed by atoms with E-state index in [0.717, 1.165) is 25.7 Å². The summed E-state index contributed by atoms with van der Waals surface area (Å²) < 4.78 is 10.6. The second kappa shape index (κ2) is 18.7. The van der Waals surface area contributed by atoms with Crippen molar-refractivity contribution in [3.05, 3.63) is 47.5 Å². The number of esters is 2. The molecule has 0 atom stereocenters. The van der Waals surface area contributed by atoms with Crippen molar-refractivity contribution in [1.82, 2.24) is 0 Å². The molecule has 0 saturated carbocycles. The van der Waals surface area contributed by atoms with Gasteiger partial charge < -0.3 is 9.47 Å². The van der Waals surface area contributed by atoms with Crippen molar-refractivity contribution in [2.24, 2.45) is 0 Å². The summed E-state index contributed by atoms with van der Waals surface area (Å²) in [7, 11) is 0. The Kier molecular flexibility index (Phi) is 16.2. The minimum atomic E-state index is -0.405. The largest absolute Gasteiger partial charge is 0.462 e. The molecule has 1 aromatic rings. The van der Waals surface area contributed by atoms with Crippen LogP contribution in [0.4, 0.5) is 0 Å². The molecular formula is C27H42O4. The fourth-order valence-electron chi connectivity index (χ4n) is 3.31. The van der Waals surface area contributed by atoms with Crippen LogP contribution >= 0.6 is 0 Å². The highest BCUT2D eigenvalue weighted by Crippen LogP contribution is 2.11. The van der Waals surface area contributed by atoms with Crippen LogP contribution in [-0.2, 0) is 9.47 Å². The lowest BCUT2D eigenvalue weighted by Gasteiger charge is -2.07. The first-order valence-electron chi connectivity index (χ1n) is 12.3. The highest BCUT2D eigenvalue weighted by molar-refractivity contribution is 5.95. The summed E-state index contributed by atoms with van der Waals surface area (Å²) in [5.41, 5.74) is 0.766. The molecule has 0 aliphatic heterocycles. The van der Waals surface area contributed by atoms with Gasteiger partial charge in [0.1, 0.15) is 0 Å². The molecule has 0 heterocycles. The van der Waals surface area contributed by atoms with Gasteiger partial charge in [0.25, 0.3) is 0 Å². The van der Waals surface area contributed by atoms with Crippen LogP contribution in [0.25, 0.3) is 0 Å². The number of hydrogen-bond acceptors (Lipinski definition) is 4. The van der Waals surface area contributed by atoms with Crippen molar-refractivity contribution in [1.29, 1.82) is 0 Å². The number of carbonyl (C=O) groups excluding carboxylic acids is 2. The van der Waals surface area contributed by atoms with Crippen molar-refractivity contribution < 1.29 is 19.1 Å². The topological polar surface area (TPSA) is 52.6 Å². The standard InChI is InChI=1S/C27H42O4/c1-3-5-7-8-9-10-11-12-13-14-15-17-22-31-27(29)25-20-18-19-24(23-25)26(28)30-21-16-6-4-2/h14-15,18-20,23H,3-13,16-17,21-22H2,1-2H3/b15-14-. The van der Waals surface area contributed by atoms with Gasteiger partial charge in [0.15, 0.2) is 0 Å². The average molecular weight is 431 g/mol. The first-order chi connectivity index (χ1) is 15.2. The predicted octanol–water partition coefficient (Wildman–Crippen LogP) is 7.67. The fourth-order valence-corrected chi connectivity index (χ4v) is 3.31. The molecule has 0 saturated heterocycles. The molecular weight excluding hydrogens is 388 g/mol. The first-order valence-corrected chi connectivity index (χ1v) is 12.3. The Morgan fingerprint density at radius 3 is 1.84 bits per heavy atom. The normalized spacial score (nSPS) is 11.0. The zero-order valence-corrected chi connectivity index (χ0v) is 19.7. The van der Waals surface area contributed by atoms with E-state index in [0.29, 0.717) is 30.8 Å². The second-order valence-corrected chi connectivity index (χ2v) is 8.08. The Morgan fingerprint density at radius 1 is 0.677 bits per heavy atom. The van der Waals surface area contributed by atoms with Gasteiger partial charge in [-0.25, -0.2) is 9.59 Å². The highest BCUT2D eigenvalue weighted by atomic mass is 16.5. The Labute approximate surface area is 189 Å².